The highest BCUT2D eigenvalue weighted by Gasteiger charge is 2.30. The summed E-state index contributed by atoms with van der Waals surface area (Å²) < 4.78 is 7.21. The number of esters is 1. The van der Waals surface area contributed by atoms with E-state index in [1.165, 1.54) is 60.8 Å². The summed E-state index contributed by atoms with van der Waals surface area (Å²) in [6, 6.07) is 0. The molecule has 1 saturated carbocycles. The number of thiophene rings is 1. The van der Waals surface area contributed by atoms with Crippen molar-refractivity contribution < 1.29 is 14.3 Å². The molecule has 0 unspecified atom stereocenters. The number of fused-ring (bicyclic) bond motifs is 1. The molecule has 168 valence electrons. The van der Waals surface area contributed by atoms with E-state index in [1.807, 2.05) is 0 Å². The van der Waals surface area contributed by atoms with Gasteiger partial charge in [0.2, 0.25) is 5.91 Å². The predicted octanol–water partition coefficient (Wildman–Crippen LogP) is 4.80. The van der Waals surface area contributed by atoms with Gasteiger partial charge in [0.25, 0.3) is 0 Å². The molecule has 31 heavy (non-hydrogen) atoms. The standard InChI is InChI=1S/C22H30N4O3S2/c1-3-12-26-19(14-10-11-14)24-25-22(26)30-13-17(27)23-20-18(21(28)29-2)15-8-6-4-5-7-9-16(15)31-20/h14H,3-13H2,1-2H3,(H,23,27). The van der Waals surface area contributed by atoms with E-state index in [-0.39, 0.29) is 17.6 Å². The van der Waals surface area contributed by atoms with Crippen LogP contribution in [0.1, 0.15) is 84.4 Å². The Morgan fingerprint density at radius 1 is 1.19 bits per heavy atom. The molecule has 2 aromatic heterocycles. The Hall–Kier alpha value is -1.87. The van der Waals surface area contributed by atoms with Crippen molar-refractivity contribution in [2.24, 2.45) is 0 Å². The van der Waals surface area contributed by atoms with E-state index in [9.17, 15) is 9.59 Å². The molecule has 2 aliphatic rings. The minimum absolute atomic E-state index is 0.136. The summed E-state index contributed by atoms with van der Waals surface area (Å²) >= 11 is 2.94. The number of carbonyl (C=O) groups excluding carboxylic acids is 2. The average molecular weight is 463 g/mol. The van der Waals surface area contributed by atoms with Gasteiger partial charge in [0.15, 0.2) is 5.16 Å². The van der Waals surface area contributed by atoms with Gasteiger partial charge in [0, 0.05) is 17.3 Å². The molecule has 1 amide bonds. The molecule has 0 radical (unpaired) electrons. The number of rotatable bonds is 8. The number of anilines is 1. The summed E-state index contributed by atoms with van der Waals surface area (Å²) in [4.78, 5) is 26.5. The molecule has 2 heterocycles. The van der Waals surface area contributed by atoms with Crippen molar-refractivity contribution in [3.63, 3.8) is 0 Å². The Balaban J connectivity index is 1.47. The molecule has 7 nitrogen and oxygen atoms in total. The molecule has 0 bridgehead atoms. The first-order valence-electron chi connectivity index (χ1n) is 11.2. The molecule has 0 aliphatic heterocycles. The number of aromatic nitrogens is 3. The Morgan fingerprint density at radius 2 is 1.97 bits per heavy atom. The lowest BCUT2D eigenvalue weighted by molar-refractivity contribution is -0.113. The Labute approximate surface area is 191 Å². The molecule has 0 atom stereocenters. The maximum absolute atomic E-state index is 12.8. The molecule has 1 fully saturated rings. The van der Waals surface area contributed by atoms with Crippen LogP contribution in [0.5, 0.6) is 0 Å². The minimum Gasteiger partial charge on any atom is -0.465 e. The van der Waals surface area contributed by atoms with Crippen LogP contribution >= 0.6 is 23.1 Å². The fourth-order valence-electron chi connectivity index (χ4n) is 4.10. The molecule has 4 rings (SSSR count). The molecular formula is C22H30N4O3S2. The lowest BCUT2D eigenvalue weighted by Gasteiger charge is -2.11. The fourth-order valence-corrected chi connectivity index (χ4v) is 6.17. The van der Waals surface area contributed by atoms with E-state index in [2.05, 4.69) is 27.0 Å². The van der Waals surface area contributed by atoms with Crippen molar-refractivity contribution in [1.29, 1.82) is 0 Å². The fraction of sp³-hybridized carbons (Fsp3) is 0.636. The van der Waals surface area contributed by atoms with E-state index < -0.39 is 0 Å². The maximum Gasteiger partial charge on any atom is 0.341 e. The number of aryl methyl sites for hydroxylation is 1. The van der Waals surface area contributed by atoms with E-state index in [0.717, 1.165) is 55.2 Å². The predicted molar refractivity (Wildman–Crippen MR) is 123 cm³/mol. The lowest BCUT2D eigenvalue weighted by Crippen LogP contribution is -2.17. The van der Waals surface area contributed by atoms with Gasteiger partial charge in [-0.2, -0.15) is 0 Å². The summed E-state index contributed by atoms with van der Waals surface area (Å²) in [5.74, 6) is 1.31. The third-order valence-electron chi connectivity index (χ3n) is 5.78. The quantitative estimate of drug-likeness (QED) is 0.448. The number of nitrogens with one attached hydrogen (secondary N) is 1. The first kappa shape index (κ1) is 22.3. The van der Waals surface area contributed by atoms with Gasteiger partial charge in [-0.05, 0) is 50.5 Å². The van der Waals surface area contributed by atoms with Crippen LogP contribution in [0.2, 0.25) is 0 Å². The highest BCUT2D eigenvalue weighted by Crippen LogP contribution is 2.40. The number of thioether (sulfide) groups is 1. The van der Waals surface area contributed by atoms with Crippen molar-refractivity contribution in [3.8, 4) is 0 Å². The number of nitrogens with zero attached hydrogens (tertiary/aromatic N) is 3. The first-order chi connectivity index (χ1) is 15.1. The van der Waals surface area contributed by atoms with E-state index in [0.29, 0.717) is 16.5 Å². The normalized spacial score (nSPS) is 16.3. The number of ether oxygens (including phenoxy) is 1. The van der Waals surface area contributed by atoms with E-state index in [4.69, 9.17) is 4.74 Å². The minimum atomic E-state index is -0.363. The van der Waals surface area contributed by atoms with Crippen LogP contribution in [-0.4, -0.2) is 39.5 Å². The topological polar surface area (TPSA) is 86.1 Å². The molecular weight excluding hydrogens is 432 g/mol. The second-order valence-electron chi connectivity index (χ2n) is 8.22. The third kappa shape index (κ3) is 5.14. The summed E-state index contributed by atoms with van der Waals surface area (Å²) in [6.45, 7) is 3.00. The van der Waals surface area contributed by atoms with Crippen LogP contribution in [0.3, 0.4) is 0 Å². The Kier molecular flexibility index (Phi) is 7.32. The average Bonchev–Trinajstić information content (AvgIpc) is 3.44. The van der Waals surface area contributed by atoms with Gasteiger partial charge >= 0.3 is 5.97 Å². The summed E-state index contributed by atoms with van der Waals surface area (Å²) in [7, 11) is 1.40. The zero-order valence-electron chi connectivity index (χ0n) is 18.2. The van der Waals surface area contributed by atoms with Crippen LogP contribution in [0, 0.1) is 0 Å². The highest BCUT2D eigenvalue weighted by atomic mass is 32.2. The highest BCUT2D eigenvalue weighted by molar-refractivity contribution is 7.99. The molecule has 9 heteroatoms. The van der Waals surface area contributed by atoms with Crippen LogP contribution in [0.25, 0.3) is 0 Å². The second-order valence-corrected chi connectivity index (χ2v) is 10.3. The molecule has 2 aromatic rings. The smallest absolute Gasteiger partial charge is 0.341 e. The van der Waals surface area contributed by atoms with Crippen LogP contribution in [-0.2, 0) is 28.9 Å². The van der Waals surface area contributed by atoms with Crippen molar-refractivity contribution >= 4 is 40.0 Å². The molecule has 2 aliphatic carbocycles. The first-order valence-corrected chi connectivity index (χ1v) is 13.0. The number of hydrogen-bond donors (Lipinski definition) is 1. The van der Waals surface area contributed by atoms with Gasteiger partial charge in [-0.25, -0.2) is 4.79 Å². The van der Waals surface area contributed by atoms with Crippen molar-refractivity contribution in [1.82, 2.24) is 14.8 Å². The van der Waals surface area contributed by atoms with Gasteiger partial charge in [-0.1, -0.05) is 31.5 Å². The van der Waals surface area contributed by atoms with Crippen molar-refractivity contribution in [2.75, 3.05) is 18.2 Å². The summed E-state index contributed by atoms with van der Waals surface area (Å²) in [5, 5.41) is 13.1. The number of methoxy groups -OCH3 is 1. The van der Waals surface area contributed by atoms with Crippen LogP contribution < -0.4 is 5.32 Å². The van der Waals surface area contributed by atoms with E-state index >= 15 is 0 Å². The van der Waals surface area contributed by atoms with Gasteiger partial charge in [0.05, 0.1) is 18.4 Å². The van der Waals surface area contributed by atoms with Crippen LogP contribution in [0.4, 0.5) is 5.00 Å². The zero-order chi connectivity index (χ0) is 21.8. The van der Waals surface area contributed by atoms with Gasteiger partial charge in [-0.15, -0.1) is 21.5 Å². The maximum atomic E-state index is 12.8. The van der Waals surface area contributed by atoms with Gasteiger partial charge < -0.3 is 14.6 Å². The van der Waals surface area contributed by atoms with Crippen LogP contribution in [0.15, 0.2) is 5.16 Å². The zero-order valence-corrected chi connectivity index (χ0v) is 19.9. The van der Waals surface area contributed by atoms with Gasteiger partial charge in [0.1, 0.15) is 10.8 Å². The monoisotopic (exact) mass is 462 g/mol. The SMILES string of the molecule is CCCn1c(SCC(=O)Nc2sc3c(c2C(=O)OC)CCCCCC3)nnc1C1CC1. The summed E-state index contributed by atoms with van der Waals surface area (Å²) in [5.41, 5.74) is 1.61. The van der Waals surface area contributed by atoms with E-state index in [1.54, 1.807) is 0 Å². The lowest BCUT2D eigenvalue weighted by atomic mass is 9.96. The molecule has 0 saturated heterocycles. The molecule has 0 spiro atoms. The van der Waals surface area contributed by atoms with Crippen molar-refractivity contribution in [3.05, 3.63) is 21.8 Å². The largest absolute Gasteiger partial charge is 0.465 e. The van der Waals surface area contributed by atoms with Gasteiger partial charge in [-0.3, -0.25) is 4.79 Å². The number of hydrogen-bond acceptors (Lipinski definition) is 7. The number of amides is 1. The Morgan fingerprint density at radius 3 is 2.68 bits per heavy atom. The second kappa shape index (κ2) is 10.2. The number of carbonyl (C=O) groups is 2. The molecule has 0 aromatic carbocycles. The van der Waals surface area contributed by atoms with Crippen molar-refractivity contribution in [2.45, 2.75) is 82.3 Å². The molecule has 1 N–H and O–H groups in total. The Bertz CT molecular complexity index is 949. The third-order valence-corrected chi connectivity index (χ3v) is 7.96. The summed E-state index contributed by atoms with van der Waals surface area (Å²) in [6.07, 6.45) is 9.74.